The van der Waals surface area contributed by atoms with Gasteiger partial charge < -0.3 is 15.3 Å². The van der Waals surface area contributed by atoms with Crippen LogP contribution in [0.4, 0.5) is 5.13 Å². The monoisotopic (exact) mass is 325 g/mol. The molecule has 1 aromatic heterocycles. The van der Waals surface area contributed by atoms with Crippen molar-refractivity contribution in [1.29, 1.82) is 0 Å². The first-order chi connectivity index (χ1) is 9.08. The molecule has 0 atom stereocenters. The fourth-order valence-corrected chi connectivity index (χ4v) is 1.78. The number of carbonyl (C=O) groups is 2. The van der Waals surface area contributed by atoms with E-state index in [1.807, 2.05) is 0 Å². The van der Waals surface area contributed by atoms with Gasteiger partial charge in [-0.05, 0) is 0 Å². The lowest BCUT2D eigenvalue weighted by Gasteiger charge is -1.98. The highest BCUT2D eigenvalue weighted by atomic mass is 35.5. The van der Waals surface area contributed by atoms with Gasteiger partial charge in [0.2, 0.25) is 11.6 Å². The van der Waals surface area contributed by atoms with Gasteiger partial charge >= 0.3 is 5.97 Å². The highest BCUT2D eigenvalue weighted by Gasteiger charge is 2.18. The molecule has 0 bridgehead atoms. The number of hydrogen-bond acceptors (Lipinski definition) is 6. The van der Waals surface area contributed by atoms with E-state index in [1.54, 1.807) is 0 Å². The van der Waals surface area contributed by atoms with Crippen LogP contribution in [0.1, 0.15) is 5.69 Å². The molecule has 0 aliphatic heterocycles. The first-order valence-corrected chi connectivity index (χ1v) is 6.84. The van der Waals surface area contributed by atoms with Crippen LogP contribution in [0, 0.1) is 0 Å². The van der Waals surface area contributed by atoms with Gasteiger partial charge in [-0.15, -0.1) is 34.5 Å². The number of amides is 1. The van der Waals surface area contributed by atoms with Gasteiger partial charge in [0.15, 0.2) is 5.13 Å². The number of halogens is 2. The lowest BCUT2D eigenvalue weighted by atomic mass is 10.3. The van der Waals surface area contributed by atoms with Crippen molar-refractivity contribution < 1.29 is 19.5 Å². The van der Waals surface area contributed by atoms with E-state index in [0.717, 1.165) is 11.3 Å². The summed E-state index contributed by atoms with van der Waals surface area (Å²) in [5.41, 5.74) is -0.287. The summed E-state index contributed by atoms with van der Waals surface area (Å²) in [6.45, 7) is 0.0817. The molecule has 1 amide bonds. The Labute approximate surface area is 122 Å². The van der Waals surface area contributed by atoms with E-state index in [0.29, 0.717) is 0 Å². The maximum atomic E-state index is 11.0. The van der Waals surface area contributed by atoms with Crippen molar-refractivity contribution in [2.75, 3.05) is 23.7 Å². The van der Waals surface area contributed by atoms with E-state index in [4.69, 9.17) is 33.1 Å². The molecule has 1 rings (SSSR count). The minimum atomic E-state index is -1.30. The van der Waals surface area contributed by atoms with E-state index >= 15 is 0 Å². The minimum absolute atomic E-state index is 0.0805. The summed E-state index contributed by atoms with van der Waals surface area (Å²) in [4.78, 5) is 30.6. The minimum Gasteiger partial charge on any atom is -0.476 e. The topological polar surface area (TPSA) is 101 Å². The fraction of sp³-hybridized carbons (Fsp3) is 0.333. The van der Waals surface area contributed by atoms with Crippen molar-refractivity contribution in [2.24, 2.45) is 5.16 Å². The third-order valence-corrected chi connectivity index (χ3v) is 2.80. The van der Waals surface area contributed by atoms with E-state index in [2.05, 4.69) is 15.5 Å². The predicted molar refractivity (Wildman–Crippen MR) is 72.3 cm³/mol. The zero-order valence-corrected chi connectivity index (χ0v) is 11.8. The summed E-state index contributed by atoms with van der Waals surface area (Å²) in [6, 6.07) is 0. The molecule has 7 nitrogen and oxygen atoms in total. The number of rotatable bonds is 7. The summed E-state index contributed by atoms with van der Waals surface area (Å²) in [6.07, 6.45) is 0. The summed E-state index contributed by atoms with van der Waals surface area (Å²) in [7, 11) is 0. The molecule has 2 N–H and O–H groups in total. The molecule has 19 heavy (non-hydrogen) atoms. The first-order valence-electron chi connectivity index (χ1n) is 4.89. The average Bonchev–Trinajstić information content (AvgIpc) is 2.82. The van der Waals surface area contributed by atoms with Gasteiger partial charge in [-0.25, -0.2) is 9.78 Å². The number of carbonyl (C=O) groups excluding carboxylic acids is 1. The first kappa shape index (κ1) is 15.7. The largest absolute Gasteiger partial charge is 0.476 e. The van der Waals surface area contributed by atoms with Crippen LogP contribution in [-0.4, -0.2) is 46.0 Å². The molecule has 0 aliphatic rings. The molecule has 10 heteroatoms. The van der Waals surface area contributed by atoms with Gasteiger partial charge in [0, 0.05) is 5.38 Å². The number of hydrogen-bond donors (Lipinski definition) is 2. The Hall–Kier alpha value is -1.38. The van der Waals surface area contributed by atoms with Crippen LogP contribution >= 0.6 is 34.5 Å². The number of carboxylic acid groups (broad SMARTS) is 1. The maximum absolute atomic E-state index is 11.0. The number of nitrogens with one attached hydrogen (secondary N) is 1. The van der Waals surface area contributed by atoms with E-state index < -0.39 is 11.9 Å². The van der Waals surface area contributed by atoms with Gasteiger partial charge in [-0.1, -0.05) is 5.16 Å². The molecule has 0 saturated carbocycles. The smallest absolute Gasteiger partial charge is 0.360 e. The van der Waals surface area contributed by atoms with E-state index in [-0.39, 0.29) is 34.9 Å². The van der Waals surface area contributed by atoms with Crippen LogP contribution in [0.2, 0.25) is 0 Å². The van der Waals surface area contributed by atoms with Crippen molar-refractivity contribution in [3.8, 4) is 0 Å². The maximum Gasteiger partial charge on any atom is 0.360 e. The van der Waals surface area contributed by atoms with E-state index in [9.17, 15) is 9.59 Å². The zero-order valence-electron chi connectivity index (χ0n) is 9.43. The van der Waals surface area contributed by atoms with Gasteiger partial charge in [0.25, 0.3) is 0 Å². The number of oxime groups is 1. The molecule has 1 heterocycles. The fourth-order valence-electron chi connectivity index (χ4n) is 0.933. The van der Waals surface area contributed by atoms with Crippen molar-refractivity contribution in [2.45, 2.75) is 0 Å². The molecule has 0 aliphatic carbocycles. The Morgan fingerprint density at radius 3 is 2.84 bits per heavy atom. The summed E-state index contributed by atoms with van der Waals surface area (Å²) in [5, 5.41) is 16.5. The number of aromatic nitrogens is 1. The Bertz CT molecular complexity index is 492. The summed E-state index contributed by atoms with van der Waals surface area (Å²) in [5.74, 6) is -1.76. The van der Waals surface area contributed by atoms with Gasteiger partial charge in [-0.3, -0.25) is 4.79 Å². The van der Waals surface area contributed by atoms with Crippen LogP contribution in [0.15, 0.2) is 10.5 Å². The van der Waals surface area contributed by atoms with Crippen molar-refractivity contribution in [1.82, 2.24) is 4.98 Å². The van der Waals surface area contributed by atoms with Gasteiger partial charge in [0.1, 0.15) is 18.2 Å². The van der Waals surface area contributed by atoms with Crippen LogP contribution in [-0.2, 0) is 14.4 Å². The van der Waals surface area contributed by atoms with Crippen molar-refractivity contribution in [3.63, 3.8) is 0 Å². The number of nitrogens with zero attached hydrogens (tertiary/aromatic N) is 2. The molecular formula is C9H9Cl2N3O4S. The molecule has 0 unspecified atom stereocenters. The molecule has 1 aromatic rings. The molecule has 104 valence electrons. The number of anilines is 1. The van der Waals surface area contributed by atoms with Gasteiger partial charge in [0.05, 0.1) is 5.88 Å². The third-order valence-electron chi connectivity index (χ3n) is 1.64. The highest BCUT2D eigenvalue weighted by Crippen LogP contribution is 2.16. The number of thiazole rings is 1. The van der Waals surface area contributed by atoms with Crippen LogP contribution in [0.3, 0.4) is 0 Å². The normalized spacial score (nSPS) is 11.2. The van der Waals surface area contributed by atoms with Crippen molar-refractivity contribution >= 4 is 57.3 Å². The third kappa shape index (κ3) is 5.01. The van der Waals surface area contributed by atoms with Gasteiger partial charge in [-0.2, -0.15) is 0 Å². The number of carboxylic acids is 1. The molecule has 0 spiro atoms. The number of aliphatic carboxylic acids is 1. The Morgan fingerprint density at radius 2 is 2.26 bits per heavy atom. The zero-order chi connectivity index (χ0) is 14.3. The lowest BCUT2D eigenvalue weighted by molar-refractivity contribution is -0.129. The van der Waals surface area contributed by atoms with Crippen LogP contribution in [0.5, 0.6) is 0 Å². The highest BCUT2D eigenvalue weighted by molar-refractivity contribution is 7.14. The SMILES string of the molecule is O=C(CCl)Nc1nc(/C(=N\OCCCl)C(=O)O)cs1. The molecule has 0 aromatic carbocycles. The summed E-state index contributed by atoms with van der Waals surface area (Å²) >= 11 is 11.7. The summed E-state index contributed by atoms with van der Waals surface area (Å²) < 4.78 is 0. The predicted octanol–water partition coefficient (Wildman–Crippen LogP) is 1.36. The Kier molecular flexibility index (Phi) is 6.54. The Morgan fingerprint density at radius 1 is 1.53 bits per heavy atom. The quantitative estimate of drug-likeness (QED) is 0.341. The average molecular weight is 326 g/mol. The standard InChI is InChI=1S/C9H9Cl2N3O4S/c10-1-2-18-14-7(8(16)17)5-4-19-9(12-5)13-6(15)3-11/h4H,1-3H2,(H,16,17)(H,12,13,15)/b14-7+. The molecular weight excluding hydrogens is 317 g/mol. The van der Waals surface area contributed by atoms with Crippen LogP contribution < -0.4 is 5.32 Å². The Balaban J connectivity index is 2.83. The van der Waals surface area contributed by atoms with E-state index in [1.165, 1.54) is 5.38 Å². The second-order valence-corrected chi connectivity index (χ2v) is 4.49. The number of alkyl halides is 2. The molecule has 0 fully saturated rings. The molecule has 0 radical (unpaired) electrons. The van der Waals surface area contributed by atoms with Crippen molar-refractivity contribution in [3.05, 3.63) is 11.1 Å². The second-order valence-electron chi connectivity index (χ2n) is 2.99. The molecule has 0 saturated heterocycles. The lowest BCUT2D eigenvalue weighted by Crippen LogP contribution is -2.17. The van der Waals surface area contributed by atoms with Crippen LogP contribution in [0.25, 0.3) is 0 Å². The second kappa shape index (κ2) is 7.93.